The topological polar surface area (TPSA) is 28.6 Å². The lowest BCUT2D eigenvalue weighted by atomic mass is 9.93. The summed E-state index contributed by atoms with van der Waals surface area (Å²) < 4.78 is 14.9. The van der Waals surface area contributed by atoms with Crippen molar-refractivity contribution < 1.29 is 9.15 Å². The Balaban J connectivity index is 1.61. The fraction of sp³-hybridized carbons (Fsp3) is 0.367. The van der Waals surface area contributed by atoms with E-state index in [0.29, 0.717) is 0 Å². The number of hydrogen-bond donors (Lipinski definition) is 0. The van der Waals surface area contributed by atoms with Gasteiger partial charge in [0.2, 0.25) is 5.36 Å². The summed E-state index contributed by atoms with van der Waals surface area (Å²) in [6.07, 6.45) is 7.71. The smallest absolute Gasteiger partial charge is 0.203 e. The molecule has 6 rings (SSSR count). The molecule has 0 spiro atoms. The maximum atomic E-state index is 6.65. The summed E-state index contributed by atoms with van der Waals surface area (Å²) >= 11 is 0. The molecular weight excluding hydrogens is 420 g/mol. The van der Waals surface area contributed by atoms with E-state index in [1.165, 1.54) is 55.1 Å². The Kier molecular flexibility index (Phi) is 5.74. The minimum absolute atomic E-state index is 0.886. The minimum atomic E-state index is 0.886. The fourth-order valence-corrected chi connectivity index (χ4v) is 5.71. The minimum Gasteiger partial charge on any atom is -0.496 e. The molecule has 0 atom stereocenters. The highest BCUT2D eigenvalue weighted by Crippen LogP contribution is 2.44. The summed E-state index contributed by atoms with van der Waals surface area (Å²) in [4.78, 5) is 2.50. The molecule has 0 aromatic heterocycles. The Labute approximate surface area is 201 Å². The number of hydrogen-bond acceptors (Lipinski definition) is 3. The van der Waals surface area contributed by atoms with Gasteiger partial charge in [0.15, 0.2) is 0 Å². The molecule has 4 heteroatoms. The number of piperidine rings is 2. The van der Waals surface area contributed by atoms with E-state index < -0.39 is 0 Å². The van der Waals surface area contributed by atoms with E-state index in [1.807, 2.05) is 12.1 Å². The number of benzene rings is 3. The Morgan fingerprint density at radius 3 is 2.41 bits per heavy atom. The molecule has 34 heavy (non-hydrogen) atoms. The van der Waals surface area contributed by atoms with Gasteiger partial charge in [-0.05, 0) is 49.9 Å². The third-order valence-corrected chi connectivity index (χ3v) is 7.51. The first kappa shape index (κ1) is 21.3. The van der Waals surface area contributed by atoms with Crippen molar-refractivity contribution in [3.63, 3.8) is 0 Å². The van der Waals surface area contributed by atoms with Crippen LogP contribution in [0.5, 0.6) is 5.75 Å². The Hall–Kier alpha value is -3.27. The van der Waals surface area contributed by atoms with Crippen molar-refractivity contribution in [1.82, 2.24) is 4.58 Å². The van der Waals surface area contributed by atoms with E-state index in [-0.39, 0.29) is 0 Å². The summed E-state index contributed by atoms with van der Waals surface area (Å²) in [6, 6.07) is 21.8. The molecule has 174 valence electrons. The highest BCUT2D eigenvalue weighted by molar-refractivity contribution is 6.03. The molecule has 4 aliphatic rings. The third-order valence-electron chi connectivity index (χ3n) is 7.51. The lowest BCUT2D eigenvalue weighted by Crippen LogP contribution is -2.34. The van der Waals surface area contributed by atoms with Gasteiger partial charge in [-0.1, -0.05) is 18.2 Å². The van der Waals surface area contributed by atoms with E-state index in [2.05, 4.69) is 58.0 Å². The summed E-state index contributed by atoms with van der Waals surface area (Å²) in [6.45, 7) is 4.49. The third kappa shape index (κ3) is 3.85. The van der Waals surface area contributed by atoms with Crippen LogP contribution in [0, 0.1) is 0 Å². The van der Waals surface area contributed by atoms with Crippen LogP contribution < -0.4 is 19.6 Å². The van der Waals surface area contributed by atoms with Gasteiger partial charge in [-0.15, -0.1) is 0 Å². The number of ether oxygens (including phenoxy) is 1. The highest BCUT2D eigenvalue weighted by atomic mass is 16.5. The Bertz CT molecular complexity index is 1360. The summed E-state index contributed by atoms with van der Waals surface area (Å²) in [7, 11) is 1.75. The molecule has 3 heterocycles. The molecule has 0 bridgehead atoms. The second-order valence-corrected chi connectivity index (χ2v) is 9.63. The first-order chi connectivity index (χ1) is 16.8. The maximum Gasteiger partial charge on any atom is 0.203 e. The first-order valence-electron chi connectivity index (χ1n) is 12.8. The standard InChI is InChI=1S/C30H33N2O2/c1-33-27-11-5-4-10-24(27)30-25-14-12-22(31-16-6-2-7-17-31)20-28(25)34-29-21-23(13-15-26(29)30)32-18-8-3-9-19-32/h4-5,10-15,20-21H,2-3,6-9,16-19H2,1H3/q+1. The van der Waals surface area contributed by atoms with Crippen LogP contribution in [0.15, 0.2) is 65.1 Å². The first-order valence-corrected chi connectivity index (χ1v) is 12.8. The zero-order valence-corrected chi connectivity index (χ0v) is 20.1. The van der Waals surface area contributed by atoms with Crippen molar-refractivity contribution in [3.05, 3.63) is 66.0 Å². The van der Waals surface area contributed by atoms with Crippen molar-refractivity contribution >= 4 is 16.7 Å². The number of nitrogens with zero attached hydrogens (tertiary/aromatic N) is 2. The van der Waals surface area contributed by atoms with Gasteiger partial charge in [-0.2, -0.15) is 0 Å². The molecule has 2 saturated heterocycles. The van der Waals surface area contributed by atoms with Crippen molar-refractivity contribution in [2.75, 3.05) is 38.2 Å². The predicted octanol–water partition coefficient (Wildman–Crippen LogP) is 6.16. The molecule has 1 aliphatic carbocycles. The van der Waals surface area contributed by atoms with Crippen molar-refractivity contribution in [3.8, 4) is 28.2 Å². The zero-order valence-electron chi connectivity index (χ0n) is 20.1. The van der Waals surface area contributed by atoms with Crippen LogP contribution in [0.3, 0.4) is 0 Å². The number of anilines is 1. The number of rotatable bonds is 3. The van der Waals surface area contributed by atoms with Gasteiger partial charge in [-0.3, -0.25) is 0 Å². The van der Waals surface area contributed by atoms with Crippen LogP contribution in [-0.4, -0.2) is 33.3 Å². The maximum absolute atomic E-state index is 6.65. The molecule has 0 amide bonds. The van der Waals surface area contributed by atoms with Crippen LogP contribution in [0.25, 0.3) is 33.4 Å². The Morgan fingerprint density at radius 1 is 0.794 bits per heavy atom. The molecule has 2 aromatic rings. The lowest BCUT2D eigenvalue weighted by Gasteiger charge is -2.29. The largest absolute Gasteiger partial charge is 0.496 e. The van der Waals surface area contributed by atoms with Crippen LogP contribution in [-0.2, 0) is 0 Å². The Morgan fingerprint density at radius 2 is 1.59 bits per heavy atom. The van der Waals surface area contributed by atoms with Crippen LogP contribution in [0.4, 0.5) is 5.69 Å². The number of fused-ring (bicyclic) bond motifs is 2. The molecule has 2 aromatic carbocycles. The van der Waals surface area contributed by atoms with Crippen LogP contribution >= 0.6 is 0 Å². The van der Waals surface area contributed by atoms with Gasteiger partial charge in [-0.25, -0.2) is 4.58 Å². The molecular formula is C30H33N2O2+. The molecule has 4 nitrogen and oxygen atoms in total. The number of para-hydroxylation sites is 1. The quantitative estimate of drug-likeness (QED) is 0.275. The van der Waals surface area contributed by atoms with E-state index in [0.717, 1.165) is 59.8 Å². The fourth-order valence-electron chi connectivity index (χ4n) is 5.71. The zero-order chi connectivity index (χ0) is 22.9. The second-order valence-electron chi connectivity index (χ2n) is 9.63. The molecule has 0 radical (unpaired) electrons. The molecule has 0 saturated carbocycles. The normalized spacial score (nSPS) is 16.9. The van der Waals surface area contributed by atoms with Crippen LogP contribution in [0.2, 0.25) is 0 Å². The average Bonchev–Trinajstić information content (AvgIpc) is 2.92. The van der Waals surface area contributed by atoms with Gasteiger partial charge >= 0.3 is 0 Å². The van der Waals surface area contributed by atoms with Crippen molar-refractivity contribution in [2.24, 2.45) is 0 Å². The molecule has 3 aliphatic heterocycles. The highest BCUT2D eigenvalue weighted by Gasteiger charge is 2.22. The van der Waals surface area contributed by atoms with Gasteiger partial charge in [0, 0.05) is 65.8 Å². The molecule has 0 N–H and O–H groups in total. The summed E-state index contributed by atoms with van der Waals surface area (Å²) in [5, 5.41) is 2.39. The number of methoxy groups -OCH3 is 1. The van der Waals surface area contributed by atoms with E-state index >= 15 is 0 Å². The van der Waals surface area contributed by atoms with Gasteiger partial charge in [0.05, 0.1) is 13.2 Å². The molecule has 2 fully saturated rings. The second kappa shape index (κ2) is 9.17. The van der Waals surface area contributed by atoms with Gasteiger partial charge in [0.1, 0.15) is 30.2 Å². The SMILES string of the molecule is COc1ccccc1-c1c2ccc(=[N+]3CCCCC3)cc-2oc2cc(N3CCCCC3)ccc12. The average molecular weight is 454 g/mol. The monoisotopic (exact) mass is 453 g/mol. The van der Waals surface area contributed by atoms with E-state index in [9.17, 15) is 0 Å². The van der Waals surface area contributed by atoms with E-state index in [4.69, 9.17) is 9.15 Å². The van der Waals surface area contributed by atoms with Gasteiger partial charge in [0.25, 0.3) is 0 Å². The summed E-state index contributed by atoms with van der Waals surface area (Å²) in [5.41, 5.74) is 5.61. The summed E-state index contributed by atoms with van der Waals surface area (Å²) in [5.74, 6) is 1.82. The van der Waals surface area contributed by atoms with Crippen LogP contribution in [0.1, 0.15) is 38.5 Å². The van der Waals surface area contributed by atoms with Crippen molar-refractivity contribution in [1.29, 1.82) is 0 Å². The lowest BCUT2D eigenvalue weighted by molar-refractivity contribution is 0.416. The van der Waals surface area contributed by atoms with Crippen molar-refractivity contribution in [2.45, 2.75) is 38.5 Å². The van der Waals surface area contributed by atoms with E-state index in [1.54, 1.807) is 7.11 Å². The predicted molar refractivity (Wildman–Crippen MR) is 140 cm³/mol. The molecule has 0 unspecified atom stereocenters. The van der Waals surface area contributed by atoms with Gasteiger partial charge < -0.3 is 14.1 Å².